The Morgan fingerprint density at radius 1 is 1.30 bits per heavy atom. The van der Waals surface area contributed by atoms with E-state index >= 15 is 0 Å². The normalized spacial score (nSPS) is 11.1. The Kier molecular flexibility index (Phi) is 6.24. The molecular weight excluding hydrogens is 260 g/mol. The first kappa shape index (κ1) is 16.2. The number of hydrogen-bond donors (Lipinski definition) is 2. The number of nitrogens with zero attached hydrogens (tertiary/aromatic N) is 1. The van der Waals surface area contributed by atoms with Gasteiger partial charge in [-0.15, -0.1) is 0 Å². The topological polar surface area (TPSA) is 82.8 Å². The molecular formula is C14H22N2O4. The highest BCUT2D eigenvalue weighted by atomic mass is 16.4. The lowest BCUT2D eigenvalue weighted by Gasteiger charge is -2.20. The lowest BCUT2D eigenvalue weighted by molar-refractivity contribution is 0.0659. The third-order valence-corrected chi connectivity index (χ3v) is 3.15. The van der Waals surface area contributed by atoms with E-state index in [0.29, 0.717) is 12.6 Å². The summed E-state index contributed by atoms with van der Waals surface area (Å²) < 4.78 is 4.91. The van der Waals surface area contributed by atoms with Gasteiger partial charge in [-0.3, -0.25) is 4.79 Å². The van der Waals surface area contributed by atoms with Gasteiger partial charge in [-0.05, 0) is 52.4 Å². The van der Waals surface area contributed by atoms with Gasteiger partial charge in [0.1, 0.15) is 0 Å². The van der Waals surface area contributed by atoms with Crippen molar-refractivity contribution >= 4 is 11.9 Å². The number of hydrogen-bond acceptors (Lipinski definition) is 4. The number of carbonyl (C=O) groups is 2. The minimum Gasteiger partial charge on any atom is -0.475 e. The van der Waals surface area contributed by atoms with Gasteiger partial charge in [-0.25, -0.2) is 4.79 Å². The number of aromatic carboxylic acids is 1. The van der Waals surface area contributed by atoms with E-state index < -0.39 is 5.97 Å². The zero-order valence-electron chi connectivity index (χ0n) is 12.2. The summed E-state index contributed by atoms with van der Waals surface area (Å²) in [6.45, 7) is 5.81. The highest BCUT2D eigenvalue weighted by Crippen LogP contribution is 2.07. The summed E-state index contributed by atoms with van der Waals surface area (Å²) in [6.07, 6.45) is 1.86. The standard InChI is InChI=1S/C14H22N2O4/c1-10(2)16(3)9-5-4-8-15-13(17)11-6-7-12(20-11)14(18)19/h6-7,10H,4-5,8-9H2,1-3H3,(H,15,17)(H,18,19). The summed E-state index contributed by atoms with van der Waals surface area (Å²) in [4.78, 5) is 24.5. The van der Waals surface area contributed by atoms with Crippen LogP contribution in [0.25, 0.3) is 0 Å². The Labute approximate surface area is 118 Å². The van der Waals surface area contributed by atoms with Gasteiger partial charge < -0.3 is 19.7 Å². The molecule has 0 saturated carbocycles. The van der Waals surface area contributed by atoms with Crippen molar-refractivity contribution in [1.82, 2.24) is 10.2 Å². The van der Waals surface area contributed by atoms with Gasteiger partial charge in [-0.1, -0.05) is 0 Å². The van der Waals surface area contributed by atoms with E-state index in [0.717, 1.165) is 19.4 Å². The summed E-state index contributed by atoms with van der Waals surface area (Å²) in [5, 5.41) is 11.4. The highest BCUT2D eigenvalue weighted by Gasteiger charge is 2.14. The van der Waals surface area contributed by atoms with E-state index in [-0.39, 0.29) is 17.4 Å². The monoisotopic (exact) mass is 282 g/mol. The quantitative estimate of drug-likeness (QED) is 0.711. The van der Waals surface area contributed by atoms with Crippen LogP contribution in [0.4, 0.5) is 0 Å². The van der Waals surface area contributed by atoms with Crippen LogP contribution in [-0.2, 0) is 0 Å². The van der Waals surface area contributed by atoms with Gasteiger partial charge in [0.15, 0.2) is 5.76 Å². The van der Waals surface area contributed by atoms with Crippen molar-refractivity contribution in [3.63, 3.8) is 0 Å². The summed E-state index contributed by atoms with van der Waals surface area (Å²) in [6, 6.07) is 3.15. The molecule has 0 atom stereocenters. The van der Waals surface area contributed by atoms with E-state index in [1.165, 1.54) is 12.1 Å². The number of carboxylic acids is 1. The van der Waals surface area contributed by atoms with Crippen molar-refractivity contribution in [2.75, 3.05) is 20.1 Å². The number of unbranched alkanes of at least 4 members (excludes halogenated alkanes) is 1. The van der Waals surface area contributed by atoms with Gasteiger partial charge in [0.2, 0.25) is 5.76 Å². The number of amides is 1. The minimum atomic E-state index is -1.18. The van der Waals surface area contributed by atoms with Crippen LogP contribution in [0.5, 0.6) is 0 Å². The molecule has 1 aromatic rings. The first-order chi connectivity index (χ1) is 9.41. The van der Waals surface area contributed by atoms with Crippen LogP contribution in [0.15, 0.2) is 16.5 Å². The van der Waals surface area contributed by atoms with Crippen LogP contribution in [0, 0.1) is 0 Å². The van der Waals surface area contributed by atoms with Crippen molar-refractivity contribution in [2.45, 2.75) is 32.7 Å². The van der Waals surface area contributed by atoms with Crippen molar-refractivity contribution < 1.29 is 19.1 Å². The highest BCUT2D eigenvalue weighted by molar-refractivity contribution is 5.93. The van der Waals surface area contributed by atoms with Crippen molar-refractivity contribution in [3.05, 3.63) is 23.7 Å². The lowest BCUT2D eigenvalue weighted by atomic mass is 10.2. The molecule has 0 fully saturated rings. The van der Waals surface area contributed by atoms with E-state index in [2.05, 4.69) is 31.1 Å². The summed E-state index contributed by atoms with van der Waals surface area (Å²) in [5.41, 5.74) is 0. The maximum absolute atomic E-state index is 11.7. The molecule has 0 aliphatic carbocycles. The molecule has 112 valence electrons. The molecule has 0 aromatic carbocycles. The second-order valence-corrected chi connectivity index (χ2v) is 5.01. The van der Waals surface area contributed by atoms with Crippen LogP contribution in [0.3, 0.4) is 0 Å². The number of carboxylic acid groups (broad SMARTS) is 1. The number of rotatable bonds is 8. The average molecular weight is 282 g/mol. The molecule has 6 heteroatoms. The molecule has 0 unspecified atom stereocenters. The Morgan fingerprint density at radius 2 is 1.95 bits per heavy atom. The molecule has 0 saturated heterocycles. The van der Waals surface area contributed by atoms with E-state index in [9.17, 15) is 9.59 Å². The summed E-state index contributed by atoms with van der Waals surface area (Å²) in [5.74, 6) is -1.76. The first-order valence-corrected chi connectivity index (χ1v) is 6.73. The number of carbonyl (C=O) groups excluding carboxylic acids is 1. The van der Waals surface area contributed by atoms with Gasteiger partial charge in [0, 0.05) is 12.6 Å². The lowest BCUT2D eigenvalue weighted by Crippen LogP contribution is -2.28. The molecule has 0 spiro atoms. The van der Waals surface area contributed by atoms with E-state index in [1.807, 2.05) is 0 Å². The zero-order chi connectivity index (χ0) is 15.1. The Hall–Kier alpha value is -1.82. The Balaban J connectivity index is 2.24. The predicted octanol–water partition coefficient (Wildman–Crippen LogP) is 1.83. The number of furan rings is 1. The molecule has 0 bridgehead atoms. The smallest absolute Gasteiger partial charge is 0.371 e. The third-order valence-electron chi connectivity index (χ3n) is 3.15. The van der Waals surface area contributed by atoms with E-state index in [4.69, 9.17) is 9.52 Å². The molecule has 6 nitrogen and oxygen atoms in total. The molecule has 1 amide bonds. The predicted molar refractivity (Wildman–Crippen MR) is 75.0 cm³/mol. The summed E-state index contributed by atoms with van der Waals surface area (Å²) in [7, 11) is 2.07. The molecule has 20 heavy (non-hydrogen) atoms. The van der Waals surface area contributed by atoms with Gasteiger partial charge in [0.05, 0.1) is 0 Å². The molecule has 0 radical (unpaired) electrons. The largest absolute Gasteiger partial charge is 0.475 e. The zero-order valence-corrected chi connectivity index (χ0v) is 12.2. The van der Waals surface area contributed by atoms with Crippen LogP contribution in [-0.4, -0.2) is 48.1 Å². The second kappa shape index (κ2) is 7.69. The van der Waals surface area contributed by atoms with Crippen LogP contribution >= 0.6 is 0 Å². The SMILES string of the molecule is CC(C)N(C)CCCCNC(=O)c1ccc(C(=O)O)o1. The van der Waals surface area contributed by atoms with Crippen molar-refractivity contribution in [1.29, 1.82) is 0 Å². The van der Waals surface area contributed by atoms with Crippen LogP contribution in [0.2, 0.25) is 0 Å². The van der Waals surface area contributed by atoms with Gasteiger partial charge in [-0.2, -0.15) is 0 Å². The minimum absolute atomic E-state index is 0.0294. The Morgan fingerprint density at radius 3 is 2.50 bits per heavy atom. The average Bonchev–Trinajstić information content (AvgIpc) is 2.87. The molecule has 1 rings (SSSR count). The van der Waals surface area contributed by atoms with Crippen molar-refractivity contribution in [2.24, 2.45) is 0 Å². The molecule has 1 heterocycles. The fourth-order valence-corrected chi connectivity index (χ4v) is 1.61. The van der Waals surface area contributed by atoms with E-state index in [1.54, 1.807) is 0 Å². The maximum Gasteiger partial charge on any atom is 0.371 e. The molecule has 0 aliphatic rings. The fraction of sp³-hybridized carbons (Fsp3) is 0.571. The van der Waals surface area contributed by atoms with Crippen LogP contribution in [0.1, 0.15) is 47.8 Å². The fourth-order valence-electron chi connectivity index (χ4n) is 1.61. The third kappa shape index (κ3) is 5.05. The maximum atomic E-state index is 11.7. The summed E-state index contributed by atoms with van der Waals surface area (Å²) >= 11 is 0. The second-order valence-electron chi connectivity index (χ2n) is 5.01. The molecule has 1 aromatic heterocycles. The van der Waals surface area contributed by atoms with Crippen LogP contribution < -0.4 is 5.32 Å². The molecule has 0 aliphatic heterocycles. The van der Waals surface area contributed by atoms with Crippen molar-refractivity contribution in [3.8, 4) is 0 Å². The van der Waals surface area contributed by atoms with Gasteiger partial charge >= 0.3 is 5.97 Å². The Bertz CT molecular complexity index is 454. The molecule has 2 N–H and O–H groups in total. The van der Waals surface area contributed by atoms with Gasteiger partial charge in [0.25, 0.3) is 5.91 Å². The first-order valence-electron chi connectivity index (χ1n) is 6.73. The number of nitrogens with one attached hydrogen (secondary N) is 1.